The number of ether oxygens (including phenoxy) is 2. The van der Waals surface area contributed by atoms with Crippen molar-refractivity contribution in [3.63, 3.8) is 0 Å². The summed E-state index contributed by atoms with van der Waals surface area (Å²) >= 11 is 0. The van der Waals surface area contributed by atoms with Crippen molar-refractivity contribution in [2.24, 2.45) is 0 Å². The highest BCUT2D eigenvalue weighted by Gasteiger charge is 2.31. The third kappa shape index (κ3) is 3.56. The summed E-state index contributed by atoms with van der Waals surface area (Å²) in [4.78, 5) is 0.256. The van der Waals surface area contributed by atoms with E-state index in [1.807, 2.05) is 54.6 Å². The van der Waals surface area contributed by atoms with Crippen molar-refractivity contribution in [2.45, 2.75) is 11.0 Å². The fraction of sp³-hybridized carbons (Fsp3) is 0.217. The molecule has 0 radical (unpaired) electrons. The first-order chi connectivity index (χ1) is 14.6. The molecule has 0 amide bonds. The Bertz CT molecular complexity index is 1280. The predicted octanol–water partition coefficient (Wildman–Crippen LogP) is 4.05. The molecule has 1 aliphatic rings. The second-order valence-corrected chi connectivity index (χ2v) is 9.17. The van der Waals surface area contributed by atoms with Crippen LogP contribution in [0, 0.1) is 0 Å². The molecule has 1 saturated heterocycles. The Morgan fingerprint density at radius 1 is 0.933 bits per heavy atom. The van der Waals surface area contributed by atoms with Gasteiger partial charge in [-0.1, -0.05) is 36.4 Å². The molecule has 1 aliphatic heterocycles. The van der Waals surface area contributed by atoms with Crippen molar-refractivity contribution < 1.29 is 22.3 Å². The van der Waals surface area contributed by atoms with E-state index in [4.69, 9.17) is 13.9 Å². The van der Waals surface area contributed by atoms with Crippen molar-refractivity contribution in [2.75, 3.05) is 26.3 Å². The highest BCUT2D eigenvalue weighted by molar-refractivity contribution is 7.89. The average molecular weight is 423 g/mol. The summed E-state index contributed by atoms with van der Waals surface area (Å²) < 4.78 is 45.4. The van der Waals surface area contributed by atoms with Gasteiger partial charge in [-0.2, -0.15) is 4.31 Å². The van der Waals surface area contributed by atoms with Gasteiger partial charge in [0, 0.05) is 23.9 Å². The van der Waals surface area contributed by atoms with Gasteiger partial charge in [0.15, 0.2) is 0 Å². The Balaban J connectivity index is 1.38. The van der Waals surface area contributed by atoms with Crippen LogP contribution in [0.25, 0.3) is 21.9 Å². The lowest BCUT2D eigenvalue weighted by Crippen LogP contribution is -2.47. The van der Waals surface area contributed by atoms with Crippen LogP contribution in [0.4, 0.5) is 0 Å². The van der Waals surface area contributed by atoms with E-state index in [1.54, 1.807) is 18.2 Å². The number of sulfonamides is 1. The SMILES string of the molecule is O=S(=O)(c1ccc2oc3ccccc3c2c1)N1CCOC(COc2ccccc2)C1. The first-order valence-corrected chi connectivity index (χ1v) is 11.3. The van der Waals surface area contributed by atoms with Gasteiger partial charge in [0.2, 0.25) is 10.0 Å². The van der Waals surface area contributed by atoms with Crippen molar-refractivity contribution in [3.05, 3.63) is 72.8 Å². The Morgan fingerprint density at radius 3 is 2.57 bits per heavy atom. The Labute approximate surface area is 174 Å². The zero-order chi connectivity index (χ0) is 20.6. The van der Waals surface area contributed by atoms with E-state index in [1.165, 1.54) is 4.31 Å². The molecule has 1 aromatic heterocycles. The first kappa shape index (κ1) is 19.1. The molecule has 30 heavy (non-hydrogen) atoms. The summed E-state index contributed by atoms with van der Waals surface area (Å²) in [7, 11) is -3.66. The van der Waals surface area contributed by atoms with Gasteiger partial charge in [0.05, 0.1) is 11.5 Å². The lowest BCUT2D eigenvalue weighted by atomic mass is 10.1. The number of fused-ring (bicyclic) bond motifs is 3. The first-order valence-electron chi connectivity index (χ1n) is 9.82. The molecule has 5 rings (SSSR count). The van der Waals surface area contributed by atoms with Gasteiger partial charge in [-0.3, -0.25) is 0 Å². The Kier molecular flexibility index (Phi) is 4.94. The zero-order valence-corrected chi connectivity index (χ0v) is 17.0. The number of hydrogen-bond acceptors (Lipinski definition) is 5. The van der Waals surface area contributed by atoms with Gasteiger partial charge in [-0.15, -0.1) is 0 Å². The maximum absolute atomic E-state index is 13.3. The molecule has 6 nitrogen and oxygen atoms in total. The Hall–Kier alpha value is -2.87. The van der Waals surface area contributed by atoms with E-state index in [-0.39, 0.29) is 17.5 Å². The minimum Gasteiger partial charge on any atom is -0.491 e. The van der Waals surface area contributed by atoms with E-state index in [2.05, 4.69) is 0 Å². The summed E-state index contributed by atoms with van der Waals surface area (Å²) in [5, 5.41) is 1.70. The minimum atomic E-state index is -3.66. The third-order valence-electron chi connectivity index (χ3n) is 5.27. The summed E-state index contributed by atoms with van der Waals surface area (Å²) in [6.45, 7) is 1.19. The van der Waals surface area contributed by atoms with Crippen molar-refractivity contribution in [1.29, 1.82) is 0 Å². The topological polar surface area (TPSA) is 69.0 Å². The summed E-state index contributed by atoms with van der Waals surface area (Å²) in [5.41, 5.74) is 1.41. The van der Waals surface area contributed by atoms with Crippen molar-refractivity contribution in [3.8, 4) is 5.75 Å². The number of benzene rings is 3. The summed E-state index contributed by atoms with van der Waals surface area (Å²) in [6.07, 6.45) is -0.327. The van der Waals surface area contributed by atoms with Crippen molar-refractivity contribution >= 4 is 32.0 Å². The molecule has 0 saturated carbocycles. The highest BCUT2D eigenvalue weighted by Crippen LogP contribution is 2.31. The van der Waals surface area contributed by atoms with Gasteiger partial charge in [-0.05, 0) is 36.4 Å². The number of furan rings is 1. The highest BCUT2D eigenvalue weighted by atomic mass is 32.2. The molecule has 2 heterocycles. The molecule has 3 aromatic carbocycles. The number of hydrogen-bond donors (Lipinski definition) is 0. The largest absolute Gasteiger partial charge is 0.491 e. The molecular weight excluding hydrogens is 402 g/mol. The molecule has 1 fully saturated rings. The van der Waals surface area contributed by atoms with E-state index in [9.17, 15) is 8.42 Å². The maximum atomic E-state index is 13.3. The van der Waals surface area contributed by atoms with Crippen LogP contribution in [-0.4, -0.2) is 45.1 Å². The standard InChI is InChI=1S/C23H21NO5S/c25-30(26,19-10-11-23-21(14-19)20-8-4-5-9-22(20)29-23)24-12-13-27-18(15-24)16-28-17-6-2-1-3-7-17/h1-11,14,18H,12-13,15-16H2. The Morgan fingerprint density at radius 2 is 1.70 bits per heavy atom. The lowest BCUT2D eigenvalue weighted by Gasteiger charge is -2.32. The van der Waals surface area contributed by atoms with Crippen LogP contribution in [0.15, 0.2) is 82.1 Å². The molecule has 1 atom stereocenters. The van der Waals surface area contributed by atoms with Crippen LogP contribution < -0.4 is 4.74 Å². The fourth-order valence-corrected chi connectivity index (χ4v) is 5.21. The van der Waals surface area contributed by atoms with Gasteiger partial charge >= 0.3 is 0 Å². The lowest BCUT2D eigenvalue weighted by molar-refractivity contribution is -0.0249. The molecule has 0 N–H and O–H groups in total. The van der Waals surface area contributed by atoms with Crippen LogP contribution in [0.5, 0.6) is 5.75 Å². The summed E-state index contributed by atoms with van der Waals surface area (Å²) in [5.74, 6) is 0.735. The zero-order valence-electron chi connectivity index (χ0n) is 16.2. The number of rotatable bonds is 5. The van der Waals surface area contributed by atoms with Crippen LogP contribution in [0.3, 0.4) is 0 Å². The van der Waals surface area contributed by atoms with Gasteiger partial charge in [0.1, 0.15) is 29.6 Å². The smallest absolute Gasteiger partial charge is 0.243 e. The molecular formula is C23H21NO5S. The second kappa shape index (κ2) is 7.75. The van der Waals surface area contributed by atoms with Gasteiger partial charge in [0.25, 0.3) is 0 Å². The van der Waals surface area contributed by atoms with Crippen LogP contribution >= 0.6 is 0 Å². The third-order valence-corrected chi connectivity index (χ3v) is 7.13. The van der Waals surface area contributed by atoms with Crippen molar-refractivity contribution in [1.82, 2.24) is 4.31 Å². The predicted molar refractivity (Wildman–Crippen MR) is 114 cm³/mol. The summed E-state index contributed by atoms with van der Waals surface area (Å²) in [6, 6.07) is 22.1. The monoisotopic (exact) mass is 423 g/mol. The van der Waals surface area contributed by atoms with E-state index >= 15 is 0 Å². The maximum Gasteiger partial charge on any atom is 0.243 e. The fourth-order valence-electron chi connectivity index (χ4n) is 3.73. The van der Waals surface area contributed by atoms with Crippen LogP contribution in [0.2, 0.25) is 0 Å². The van der Waals surface area contributed by atoms with Gasteiger partial charge < -0.3 is 13.9 Å². The van der Waals surface area contributed by atoms with E-state index < -0.39 is 10.0 Å². The van der Waals surface area contributed by atoms with Crippen LogP contribution in [0.1, 0.15) is 0 Å². The number of para-hydroxylation sites is 2. The molecule has 0 aliphatic carbocycles. The molecule has 7 heteroatoms. The number of morpholine rings is 1. The van der Waals surface area contributed by atoms with Gasteiger partial charge in [-0.25, -0.2) is 8.42 Å². The molecule has 1 unspecified atom stereocenters. The average Bonchev–Trinajstić information content (AvgIpc) is 3.16. The second-order valence-electron chi connectivity index (χ2n) is 7.24. The minimum absolute atomic E-state index is 0.249. The van der Waals surface area contributed by atoms with E-state index in [0.29, 0.717) is 25.3 Å². The van der Waals surface area contributed by atoms with Crippen LogP contribution in [-0.2, 0) is 14.8 Å². The molecule has 0 bridgehead atoms. The van der Waals surface area contributed by atoms with E-state index in [0.717, 1.165) is 22.1 Å². The molecule has 154 valence electrons. The molecule has 4 aromatic rings. The quantitative estimate of drug-likeness (QED) is 0.484. The molecule has 0 spiro atoms. The number of nitrogens with zero attached hydrogens (tertiary/aromatic N) is 1. The normalized spacial score (nSPS) is 18.1.